The van der Waals surface area contributed by atoms with Crippen molar-refractivity contribution in [3.63, 3.8) is 0 Å². The van der Waals surface area contributed by atoms with Gasteiger partial charge >= 0.3 is 0 Å². The SMILES string of the molecule is CCCC(=O)CCCOCCOCCN=[N+]=[N-]. The lowest BCUT2D eigenvalue weighted by Crippen LogP contribution is -2.08. The van der Waals surface area contributed by atoms with Crippen LogP contribution in [-0.2, 0) is 14.3 Å². The Balaban J connectivity index is 3.08. The number of hydrogen-bond donors (Lipinski definition) is 0. The topological polar surface area (TPSA) is 84.3 Å². The summed E-state index contributed by atoms with van der Waals surface area (Å²) in [6.07, 6.45) is 2.96. The van der Waals surface area contributed by atoms with Gasteiger partial charge in [-0.2, -0.15) is 0 Å². The minimum Gasteiger partial charge on any atom is -0.379 e. The molecule has 0 amide bonds. The summed E-state index contributed by atoms with van der Waals surface area (Å²) in [5, 5.41) is 3.33. The van der Waals surface area contributed by atoms with Crippen molar-refractivity contribution in [3.8, 4) is 0 Å². The average molecular weight is 243 g/mol. The third kappa shape index (κ3) is 12.8. The van der Waals surface area contributed by atoms with Crippen LogP contribution < -0.4 is 0 Å². The second-order valence-electron chi connectivity index (χ2n) is 3.57. The van der Waals surface area contributed by atoms with E-state index in [4.69, 9.17) is 15.0 Å². The molecule has 0 fully saturated rings. The zero-order valence-electron chi connectivity index (χ0n) is 10.4. The lowest BCUT2D eigenvalue weighted by atomic mass is 10.1. The first-order valence-corrected chi connectivity index (χ1v) is 5.99. The number of hydrogen-bond acceptors (Lipinski definition) is 4. The van der Waals surface area contributed by atoms with Gasteiger partial charge in [-0.05, 0) is 18.4 Å². The number of rotatable bonds is 12. The number of nitrogens with zero attached hydrogens (tertiary/aromatic N) is 3. The molecule has 0 aliphatic heterocycles. The molecular formula is C11H21N3O3. The Morgan fingerprint density at radius 3 is 2.53 bits per heavy atom. The number of carbonyl (C=O) groups is 1. The first-order valence-electron chi connectivity index (χ1n) is 5.99. The van der Waals surface area contributed by atoms with E-state index in [-0.39, 0.29) is 0 Å². The van der Waals surface area contributed by atoms with Gasteiger partial charge in [0.2, 0.25) is 0 Å². The molecule has 0 heterocycles. The molecule has 0 aliphatic rings. The summed E-state index contributed by atoms with van der Waals surface area (Å²) in [6.45, 7) is 4.36. The van der Waals surface area contributed by atoms with Crippen molar-refractivity contribution in [1.29, 1.82) is 0 Å². The Morgan fingerprint density at radius 2 is 1.88 bits per heavy atom. The van der Waals surface area contributed by atoms with E-state index in [0.29, 0.717) is 51.6 Å². The van der Waals surface area contributed by atoms with Gasteiger partial charge < -0.3 is 9.47 Å². The third-order valence-corrected chi connectivity index (χ3v) is 2.04. The molecule has 98 valence electrons. The molecular weight excluding hydrogens is 222 g/mol. The van der Waals surface area contributed by atoms with Gasteiger partial charge in [-0.3, -0.25) is 4.79 Å². The fraction of sp³-hybridized carbons (Fsp3) is 0.909. The molecule has 0 aromatic carbocycles. The number of Topliss-reactive ketones (excluding diaryl/α,β-unsaturated/α-hetero) is 1. The molecule has 0 saturated carbocycles. The van der Waals surface area contributed by atoms with Crippen LogP contribution >= 0.6 is 0 Å². The van der Waals surface area contributed by atoms with E-state index in [0.717, 1.165) is 12.8 Å². The van der Waals surface area contributed by atoms with Crippen molar-refractivity contribution >= 4 is 5.78 Å². The van der Waals surface area contributed by atoms with Gasteiger partial charge in [0.05, 0.1) is 19.8 Å². The molecule has 0 bridgehead atoms. The summed E-state index contributed by atoms with van der Waals surface area (Å²) < 4.78 is 10.4. The van der Waals surface area contributed by atoms with E-state index in [1.807, 2.05) is 6.92 Å². The second kappa shape index (κ2) is 13.0. The van der Waals surface area contributed by atoms with Crippen molar-refractivity contribution in [1.82, 2.24) is 0 Å². The Hall–Kier alpha value is -1.10. The van der Waals surface area contributed by atoms with Crippen LogP contribution in [0.15, 0.2) is 5.11 Å². The van der Waals surface area contributed by atoms with Gasteiger partial charge in [-0.1, -0.05) is 12.0 Å². The van der Waals surface area contributed by atoms with Gasteiger partial charge in [-0.15, -0.1) is 0 Å². The average Bonchev–Trinajstić information content (AvgIpc) is 2.32. The molecule has 6 heteroatoms. The monoisotopic (exact) mass is 243 g/mol. The van der Waals surface area contributed by atoms with E-state index in [2.05, 4.69) is 10.0 Å². The second-order valence-corrected chi connectivity index (χ2v) is 3.57. The van der Waals surface area contributed by atoms with Gasteiger partial charge in [0.1, 0.15) is 5.78 Å². The largest absolute Gasteiger partial charge is 0.379 e. The Bertz CT molecular complexity index is 240. The molecule has 0 N–H and O–H groups in total. The Kier molecular flexibility index (Phi) is 12.1. The van der Waals surface area contributed by atoms with Crippen LogP contribution in [0.3, 0.4) is 0 Å². The maximum atomic E-state index is 11.2. The molecule has 0 atom stereocenters. The van der Waals surface area contributed by atoms with Crippen LogP contribution in [0.4, 0.5) is 0 Å². The smallest absolute Gasteiger partial charge is 0.132 e. The van der Waals surface area contributed by atoms with Crippen molar-refractivity contribution in [2.75, 3.05) is 33.0 Å². The van der Waals surface area contributed by atoms with Crippen molar-refractivity contribution < 1.29 is 14.3 Å². The van der Waals surface area contributed by atoms with Crippen LogP contribution in [0.5, 0.6) is 0 Å². The normalized spacial score (nSPS) is 9.94. The van der Waals surface area contributed by atoms with Gasteiger partial charge in [0, 0.05) is 30.9 Å². The van der Waals surface area contributed by atoms with E-state index >= 15 is 0 Å². The van der Waals surface area contributed by atoms with Gasteiger partial charge in [0.15, 0.2) is 0 Å². The molecule has 0 aromatic heterocycles. The Labute approximate surface area is 102 Å². The zero-order valence-corrected chi connectivity index (χ0v) is 10.4. The van der Waals surface area contributed by atoms with Gasteiger partial charge in [0.25, 0.3) is 0 Å². The molecule has 0 radical (unpaired) electrons. The van der Waals surface area contributed by atoms with E-state index in [9.17, 15) is 4.79 Å². The molecule has 0 spiro atoms. The van der Waals surface area contributed by atoms with Crippen LogP contribution in [0.1, 0.15) is 32.6 Å². The summed E-state index contributed by atoms with van der Waals surface area (Å²) in [6, 6.07) is 0. The highest BCUT2D eigenvalue weighted by Crippen LogP contribution is 1.98. The maximum absolute atomic E-state index is 11.2. The zero-order chi connectivity index (χ0) is 12.8. The fourth-order valence-corrected chi connectivity index (χ4v) is 1.25. The number of azide groups is 1. The molecule has 0 rings (SSSR count). The molecule has 6 nitrogen and oxygen atoms in total. The number of ether oxygens (including phenoxy) is 2. The molecule has 0 aromatic rings. The van der Waals surface area contributed by atoms with Crippen LogP contribution in [0.25, 0.3) is 10.4 Å². The van der Waals surface area contributed by atoms with Crippen molar-refractivity contribution in [3.05, 3.63) is 10.4 Å². The third-order valence-electron chi connectivity index (χ3n) is 2.04. The summed E-state index contributed by atoms with van der Waals surface area (Å²) in [5.74, 6) is 0.307. The van der Waals surface area contributed by atoms with E-state index in [1.165, 1.54) is 0 Å². The fourth-order valence-electron chi connectivity index (χ4n) is 1.25. The Morgan fingerprint density at radius 1 is 1.18 bits per heavy atom. The predicted molar refractivity (Wildman–Crippen MR) is 64.8 cm³/mol. The standard InChI is InChI=1S/C11H21N3O3/c1-2-4-11(15)5-3-7-16-9-10-17-8-6-13-14-12/h2-10H2,1H3. The summed E-state index contributed by atoms with van der Waals surface area (Å²) >= 11 is 0. The number of ketones is 1. The summed E-state index contributed by atoms with van der Waals surface area (Å²) in [4.78, 5) is 13.8. The lowest BCUT2D eigenvalue weighted by molar-refractivity contribution is -0.119. The molecule has 0 unspecified atom stereocenters. The minimum absolute atomic E-state index is 0.307. The summed E-state index contributed by atoms with van der Waals surface area (Å²) in [7, 11) is 0. The van der Waals surface area contributed by atoms with Crippen molar-refractivity contribution in [2.45, 2.75) is 32.6 Å². The van der Waals surface area contributed by atoms with E-state index < -0.39 is 0 Å². The van der Waals surface area contributed by atoms with Crippen LogP contribution in [0.2, 0.25) is 0 Å². The molecule has 17 heavy (non-hydrogen) atoms. The van der Waals surface area contributed by atoms with Gasteiger partial charge in [-0.25, -0.2) is 0 Å². The first-order chi connectivity index (χ1) is 8.31. The predicted octanol–water partition coefficient (Wildman–Crippen LogP) is 2.48. The quantitative estimate of drug-likeness (QED) is 0.228. The van der Waals surface area contributed by atoms with E-state index in [1.54, 1.807) is 0 Å². The number of carbonyl (C=O) groups excluding carboxylic acids is 1. The van der Waals surface area contributed by atoms with Crippen LogP contribution in [-0.4, -0.2) is 38.8 Å². The molecule has 0 saturated heterocycles. The van der Waals surface area contributed by atoms with Crippen LogP contribution in [0, 0.1) is 0 Å². The minimum atomic E-state index is 0.307. The first kappa shape index (κ1) is 15.9. The lowest BCUT2D eigenvalue weighted by Gasteiger charge is -2.04. The highest BCUT2D eigenvalue weighted by molar-refractivity contribution is 5.78. The molecule has 0 aliphatic carbocycles. The summed E-state index contributed by atoms with van der Waals surface area (Å²) in [5.41, 5.74) is 8.00. The highest BCUT2D eigenvalue weighted by Gasteiger charge is 1.99. The van der Waals surface area contributed by atoms with Crippen molar-refractivity contribution in [2.24, 2.45) is 5.11 Å². The highest BCUT2D eigenvalue weighted by atomic mass is 16.5. The maximum Gasteiger partial charge on any atom is 0.132 e.